The van der Waals surface area contributed by atoms with Gasteiger partial charge in [0.05, 0.1) is 13.2 Å². The molecular weight excluding hydrogens is 540 g/mol. The number of amides is 1. The van der Waals surface area contributed by atoms with Crippen LogP contribution in [0.1, 0.15) is 109 Å². The van der Waals surface area contributed by atoms with Crippen molar-refractivity contribution in [1.29, 1.82) is 0 Å². The van der Waals surface area contributed by atoms with E-state index in [1.165, 1.54) is 76.2 Å². The lowest BCUT2D eigenvalue weighted by Crippen LogP contribution is -2.43. The van der Waals surface area contributed by atoms with Crippen LogP contribution in [0, 0.1) is 16.0 Å². The quantitative estimate of drug-likeness (QED) is 0.0329. The van der Waals surface area contributed by atoms with Gasteiger partial charge in [0, 0.05) is 12.2 Å². The van der Waals surface area contributed by atoms with Crippen molar-refractivity contribution in [1.82, 2.24) is 5.32 Å². The maximum atomic E-state index is 11.8. The topological polar surface area (TPSA) is 108 Å². The van der Waals surface area contributed by atoms with E-state index < -0.39 is 17.1 Å². The van der Waals surface area contributed by atoms with E-state index in [1.807, 2.05) is 19.1 Å². The second-order valence-electron chi connectivity index (χ2n) is 10.6. The van der Waals surface area contributed by atoms with E-state index in [2.05, 4.69) is 53.1 Å². The summed E-state index contributed by atoms with van der Waals surface area (Å²) < 4.78 is 5.01. The summed E-state index contributed by atoms with van der Waals surface area (Å²) in [5, 5.41) is 11.6. The predicted octanol–water partition coefficient (Wildman–Crippen LogP) is 7.44. The number of hydrogen-bond acceptors (Lipinski definition) is 7. The number of thiol groups is 1. The van der Waals surface area contributed by atoms with Gasteiger partial charge in [0.2, 0.25) is 5.91 Å². The number of nitrogens with one attached hydrogen (secondary N) is 1. The monoisotopic (exact) mass is 592 g/mol. The van der Waals surface area contributed by atoms with Gasteiger partial charge in [-0.2, -0.15) is 12.6 Å². The molecule has 0 aliphatic heterocycles. The largest absolute Gasteiger partial charge is 0.464 e. The lowest BCUT2D eigenvalue weighted by molar-refractivity contribution is -0.757. The van der Waals surface area contributed by atoms with Crippen molar-refractivity contribution in [3.8, 4) is 0 Å². The zero-order valence-electron chi connectivity index (χ0n) is 25.0. The molecule has 232 valence electrons. The Morgan fingerprint density at radius 1 is 1.02 bits per heavy atom. The van der Waals surface area contributed by atoms with Gasteiger partial charge in [0.15, 0.2) is 0 Å². The van der Waals surface area contributed by atoms with E-state index in [0.717, 1.165) is 12.3 Å². The highest BCUT2D eigenvalue weighted by atomic mass is 32.1. The number of unbranched alkanes of at least 4 members (excludes halogenated alkanes) is 4. The molecule has 8 nitrogen and oxygen atoms in total. The number of carbonyl (C=O) groups is 2. The fraction of sp³-hybridized carbons (Fsp3) is 0.688. The number of aryl methyl sites for hydroxylation is 1. The van der Waals surface area contributed by atoms with Crippen LogP contribution in [0.5, 0.6) is 0 Å². The maximum absolute atomic E-state index is 11.8. The zero-order valence-corrected chi connectivity index (χ0v) is 25.9. The van der Waals surface area contributed by atoms with E-state index in [4.69, 9.17) is 4.74 Å². The van der Waals surface area contributed by atoms with Crippen molar-refractivity contribution < 1.29 is 24.3 Å². The molecule has 41 heavy (non-hydrogen) atoms. The lowest BCUT2D eigenvalue weighted by Gasteiger charge is -2.15. The molecule has 1 N–H and O–H groups in total. The Morgan fingerprint density at radius 3 is 2.39 bits per heavy atom. The van der Waals surface area contributed by atoms with E-state index in [1.54, 1.807) is 0 Å². The van der Waals surface area contributed by atoms with Gasteiger partial charge in [-0.25, -0.2) is 4.79 Å². The minimum absolute atomic E-state index is 0.0382. The summed E-state index contributed by atoms with van der Waals surface area (Å²) in [7, 11) is 0. The molecule has 1 aliphatic carbocycles. The number of rotatable bonds is 19. The molecule has 0 saturated heterocycles. The van der Waals surface area contributed by atoms with E-state index in [-0.39, 0.29) is 24.9 Å². The molecule has 0 radical (unpaired) electrons. The first kappa shape index (κ1) is 36.5. The molecule has 0 bridgehead atoms. The summed E-state index contributed by atoms with van der Waals surface area (Å²) >= 11 is 4.03. The van der Waals surface area contributed by atoms with Crippen LogP contribution in [0.25, 0.3) is 0 Å². The molecule has 1 saturated carbocycles. The normalized spacial score (nSPS) is 14.4. The molecule has 1 amide bonds. The number of ether oxygens (including phenoxy) is 1. The summed E-state index contributed by atoms with van der Waals surface area (Å²) in [5.41, 5.74) is 1.51. The van der Waals surface area contributed by atoms with Gasteiger partial charge in [-0.05, 0) is 56.9 Å². The fourth-order valence-corrected chi connectivity index (χ4v) is 5.09. The van der Waals surface area contributed by atoms with Gasteiger partial charge in [-0.1, -0.05) is 100 Å². The number of allylic oxidation sites excluding steroid dienone is 2. The minimum Gasteiger partial charge on any atom is -0.464 e. The average Bonchev–Trinajstić information content (AvgIpc) is 3.25. The molecule has 1 aromatic rings. The molecular formula is C32H52N2O6S. The number of nitrogens with zero attached hydrogens (tertiary/aromatic N) is 1. The van der Waals surface area contributed by atoms with Crippen LogP contribution in [0.4, 0.5) is 0 Å². The number of hydrogen-bond donors (Lipinski definition) is 2. The third-order valence-corrected chi connectivity index (χ3v) is 7.55. The standard InChI is InChI=1S/C18H28.C14H24N2O6S/c1-2-6-12-17(11-5-1)13-7-3-8-14-18-15-9-4-10-16-18;1-2-3-4-5-8-13(17)15-12(11-23)14(18)21-9-6-7-10-22-16(19)20/h4,9-10,15-17H,1-3,5-8,11-14H2;2-3,12,23H,4-11H2,1H3,(H,15,17)/b;3-2-. The van der Waals surface area contributed by atoms with Crippen molar-refractivity contribution in [2.75, 3.05) is 19.0 Å². The van der Waals surface area contributed by atoms with Gasteiger partial charge in [-0.15, -0.1) is 10.1 Å². The summed E-state index contributed by atoms with van der Waals surface area (Å²) in [6.45, 7) is 1.99. The van der Waals surface area contributed by atoms with E-state index in [9.17, 15) is 19.7 Å². The smallest absolute Gasteiger partial charge is 0.329 e. The molecule has 0 aromatic heterocycles. The van der Waals surface area contributed by atoms with Crippen LogP contribution in [0.3, 0.4) is 0 Å². The van der Waals surface area contributed by atoms with Gasteiger partial charge in [-0.3, -0.25) is 4.79 Å². The summed E-state index contributed by atoms with van der Waals surface area (Å²) in [5.74, 6) is 0.426. The Morgan fingerprint density at radius 2 is 1.73 bits per heavy atom. The Labute approximate surface area is 252 Å². The Hall–Kier alpha value is -2.55. The first-order valence-electron chi connectivity index (χ1n) is 15.5. The van der Waals surface area contributed by atoms with Crippen LogP contribution in [0.15, 0.2) is 42.5 Å². The summed E-state index contributed by atoms with van der Waals surface area (Å²) in [6, 6.07) is 10.1. The lowest BCUT2D eigenvalue weighted by atomic mass is 9.93. The number of carbonyl (C=O) groups excluding carboxylic acids is 2. The van der Waals surface area contributed by atoms with Gasteiger partial charge in [0.1, 0.15) is 6.04 Å². The number of benzene rings is 1. The van der Waals surface area contributed by atoms with Crippen LogP contribution in [-0.4, -0.2) is 42.0 Å². The van der Waals surface area contributed by atoms with Crippen LogP contribution in [0.2, 0.25) is 0 Å². The first-order chi connectivity index (χ1) is 20.0. The number of esters is 1. The third-order valence-electron chi connectivity index (χ3n) is 7.19. The molecule has 0 spiro atoms. The zero-order chi connectivity index (χ0) is 30.0. The Kier molecular flexibility index (Phi) is 22.4. The Balaban J connectivity index is 0.000000420. The van der Waals surface area contributed by atoms with E-state index >= 15 is 0 Å². The van der Waals surface area contributed by atoms with Crippen LogP contribution in [-0.2, 0) is 25.6 Å². The van der Waals surface area contributed by atoms with Crippen molar-refractivity contribution in [2.45, 2.75) is 116 Å². The highest BCUT2D eigenvalue weighted by Gasteiger charge is 2.20. The molecule has 1 fully saturated rings. The molecule has 1 unspecified atom stereocenters. The Bertz CT molecular complexity index is 844. The first-order valence-corrected chi connectivity index (χ1v) is 16.1. The predicted molar refractivity (Wildman–Crippen MR) is 167 cm³/mol. The molecule has 1 aromatic carbocycles. The molecule has 9 heteroatoms. The molecule has 0 heterocycles. The summed E-state index contributed by atoms with van der Waals surface area (Å²) in [6.07, 6.45) is 22.6. The molecule has 1 aliphatic rings. The van der Waals surface area contributed by atoms with Gasteiger partial charge < -0.3 is 14.9 Å². The van der Waals surface area contributed by atoms with Crippen molar-refractivity contribution in [3.05, 3.63) is 58.2 Å². The van der Waals surface area contributed by atoms with Crippen molar-refractivity contribution >= 4 is 24.5 Å². The second kappa shape index (κ2) is 25.2. The highest BCUT2D eigenvalue weighted by molar-refractivity contribution is 7.80. The second-order valence-corrected chi connectivity index (χ2v) is 11.0. The minimum atomic E-state index is -0.866. The van der Waals surface area contributed by atoms with Gasteiger partial charge >= 0.3 is 5.97 Å². The average molecular weight is 593 g/mol. The van der Waals surface area contributed by atoms with Gasteiger partial charge in [0.25, 0.3) is 5.09 Å². The van der Waals surface area contributed by atoms with Crippen LogP contribution >= 0.6 is 12.6 Å². The fourth-order valence-electron chi connectivity index (χ4n) is 4.85. The highest BCUT2D eigenvalue weighted by Crippen LogP contribution is 2.27. The van der Waals surface area contributed by atoms with E-state index in [0.29, 0.717) is 25.7 Å². The third kappa shape index (κ3) is 20.9. The summed E-state index contributed by atoms with van der Waals surface area (Å²) in [4.78, 5) is 37.6. The molecule has 2 rings (SSSR count). The van der Waals surface area contributed by atoms with Crippen molar-refractivity contribution in [2.24, 2.45) is 5.92 Å². The van der Waals surface area contributed by atoms with Crippen molar-refractivity contribution in [3.63, 3.8) is 0 Å². The maximum Gasteiger partial charge on any atom is 0.329 e. The molecule has 1 atom stereocenters. The van der Waals surface area contributed by atoms with Crippen LogP contribution < -0.4 is 5.32 Å². The SMILES string of the molecule is C/C=C\CCCC(=O)NC(CS)C(=O)OCCCCO[N+](=O)[O-].c1ccc(CCCCCC2CCCCCC2)cc1.